The maximum Gasteiger partial charge on any atom is 0.254 e. The van der Waals surface area contributed by atoms with E-state index in [0.29, 0.717) is 17.8 Å². The van der Waals surface area contributed by atoms with Crippen molar-refractivity contribution in [3.05, 3.63) is 76.2 Å². The lowest BCUT2D eigenvalue weighted by Gasteiger charge is -2.20. The van der Waals surface area contributed by atoms with Crippen molar-refractivity contribution in [2.75, 3.05) is 18.0 Å². The highest BCUT2D eigenvalue weighted by atomic mass is 35.5. The number of aromatic nitrogens is 7. The number of carbonyl (C=O) groups excluding carboxylic acids is 1. The molecule has 1 N–H and O–H groups in total. The molecule has 2 aliphatic rings. The third-order valence-corrected chi connectivity index (χ3v) is 7.20. The number of amides is 1. The van der Waals surface area contributed by atoms with Crippen LogP contribution in [0.25, 0.3) is 5.69 Å². The molecule has 1 aliphatic carbocycles. The van der Waals surface area contributed by atoms with Gasteiger partial charge in [-0.2, -0.15) is 5.10 Å². The summed E-state index contributed by atoms with van der Waals surface area (Å²) >= 11 is 5.96. The van der Waals surface area contributed by atoms with Crippen molar-refractivity contribution in [2.24, 2.45) is 11.8 Å². The molecule has 1 aliphatic heterocycles. The summed E-state index contributed by atoms with van der Waals surface area (Å²) in [4.78, 5) is 19.9. The van der Waals surface area contributed by atoms with Crippen molar-refractivity contribution >= 4 is 23.3 Å². The lowest BCUT2D eigenvalue weighted by molar-refractivity contribution is 0.0950. The zero-order valence-electron chi connectivity index (χ0n) is 19.5. The quantitative estimate of drug-likeness (QED) is 0.410. The van der Waals surface area contributed by atoms with Crippen LogP contribution in [0.2, 0.25) is 5.02 Å². The first-order valence-electron chi connectivity index (χ1n) is 11.7. The van der Waals surface area contributed by atoms with Crippen molar-refractivity contribution in [3.63, 3.8) is 0 Å². The van der Waals surface area contributed by atoms with Gasteiger partial charge in [0.15, 0.2) is 0 Å². The summed E-state index contributed by atoms with van der Waals surface area (Å²) < 4.78 is 17.8. The summed E-state index contributed by atoms with van der Waals surface area (Å²) in [5.41, 5.74) is 2.90. The highest BCUT2D eigenvalue weighted by Crippen LogP contribution is 2.45. The van der Waals surface area contributed by atoms with Crippen LogP contribution in [-0.4, -0.2) is 54.0 Å². The molecule has 0 radical (unpaired) electrons. The topological polar surface area (TPSA) is 107 Å². The second kappa shape index (κ2) is 8.98. The minimum absolute atomic E-state index is 0.0552. The number of carbonyl (C=O) groups is 1. The van der Waals surface area contributed by atoms with Gasteiger partial charge in [-0.05, 0) is 59.4 Å². The number of nitrogens with zero attached hydrogens (tertiary/aromatic N) is 8. The predicted octanol–water partition coefficient (Wildman–Crippen LogP) is 2.79. The maximum absolute atomic E-state index is 14.7. The van der Waals surface area contributed by atoms with Gasteiger partial charge in [-0.15, -0.1) is 5.10 Å². The fourth-order valence-electron chi connectivity index (χ4n) is 4.75. The Morgan fingerprint density at radius 3 is 2.81 bits per heavy atom. The number of piperidine rings is 1. The van der Waals surface area contributed by atoms with Gasteiger partial charge in [-0.3, -0.25) is 9.48 Å². The molecule has 10 nitrogen and oxygen atoms in total. The molecule has 36 heavy (non-hydrogen) atoms. The summed E-state index contributed by atoms with van der Waals surface area (Å²) in [6.45, 7) is 4.58. The van der Waals surface area contributed by atoms with Gasteiger partial charge >= 0.3 is 0 Å². The first-order chi connectivity index (χ1) is 17.5. The van der Waals surface area contributed by atoms with Crippen molar-refractivity contribution in [1.82, 2.24) is 40.3 Å². The third-order valence-electron chi connectivity index (χ3n) is 6.90. The largest absolute Gasteiger partial charge is 0.356 e. The molecule has 2 fully saturated rings. The molecular formula is C24H23ClFN9O. The molecule has 0 bridgehead atoms. The smallest absolute Gasteiger partial charge is 0.254 e. The van der Waals surface area contributed by atoms with E-state index in [1.165, 1.54) is 29.7 Å². The number of rotatable bonds is 7. The molecule has 184 valence electrons. The summed E-state index contributed by atoms with van der Waals surface area (Å²) in [5, 5.41) is 18.0. The van der Waals surface area contributed by atoms with Gasteiger partial charge in [0.05, 0.1) is 29.0 Å². The number of aryl methyl sites for hydroxylation is 1. The Balaban J connectivity index is 1.12. The van der Waals surface area contributed by atoms with Gasteiger partial charge in [0, 0.05) is 37.1 Å². The highest BCUT2D eigenvalue weighted by Gasteiger charge is 2.45. The van der Waals surface area contributed by atoms with Crippen LogP contribution in [0.15, 0.2) is 43.0 Å². The number of hydrogen-bond donors (Lipinski definition) is 1. The molecule has 2 atom stereocenters. The van der Waals surface area contributed by atoms with Gasteiger partial charge in [0.25, 0.3) is 5.91 Å². The fraction of sp³-hybridized carbons (Fsp3) is 0.333. The van der Waals surface area contributed by atoms with E-state index in [1.807, 2.05) is 6.92 Å². The van der Waals surface area contributed by atoms with E-state index < -0.39 is 5.82 Å². The van der Waals surface area contributed by atoms with E-state index in [0.717, 1.165) is 42.0 Å². The molecule has 4 heterocycles. The van der Waals surface area contributed by atoms with Gasteiger partial charge in [-0.1, -0.05) is 17.7 Å². The highest BCUT2D eigenvalue weighted by molar-refractivity contribution is 6.30. The number of pyridine rings is 1. The van der Waals surface area contributed by atoms with Crippen LogP contribution < -0.4 is 10.2 Å². The minimum Gasteiger partial charge on any atom is -0.356 e. The first kappa shape index (κ1) is 22.6. The molecule has 3 aromatic heterocycles. The zero-order valence-corrected chi connectivity index (χ0v) is 20.2. The molecule has 1 saturated heterocycles. The Kier molecular flexibility index (Phi) is 5.63. The minimum atomic E-state index is -0.641. The van der Waals surface area contributed by atoms with E-state index in [1.54, 1.807) is 16.9 Å². The lowest BCUT2D eigenvalue weighted by atomic mass is 10.1. The van der Waals surface area contributed by atoms with Crippen LogP contribution in [-0.2, 0) is 13.1 Å². The molecule has 1 amide bonds. The van der Waals surface area contributed by atoms with Gasteiger partial charge < -0.3 is 10.2 Å². The van der Waals surface area contributed by atoms with Crippen LogP contribution in [0.5, 0.6) is 0 Å². The Morgan fingerprint density at radius 2 is 2.06 bits per heavy atom. The van der Waals surface area contributed by atoms with Crippen LogP contribution in [0.1, 0.15) is 33.6 Å². The standard InChI is InChI=1S/C24H23ClFN9O/c1-14-15(2-5-22(30-14)33-9-16-6-17(16)10-33)11-34-12-18(7-29-34)24(36)27-8-19-21(35-13-28-31-32-35)4-3-20(25)23(19)26/h2-5,7,12-13,16-17H,6,8-11H2,1H3,(H,27,36). The molecule has 1 saturated carbocycles. The van der Waals surface area contributed by atoms with Crippen LogP contribution in [0, 0.1) is 24.6 Å². The number of fused-ring (bicyclic) bond motifs is 1. The number of anilines is 1. The van der Waals surface area contributed by atoms with Gasteiger partial charge in [0.2, 0.25) is 0 Å². The summed E-state index contributed by atoms with van der Waals surface area (Å²) in [7, 11) is 0. The molecule has 2 unspecified atom stereocenters. The Bertz CT molecular complexity index is 1430. The van der Waals surface area contributed by atoms with Crippen LogP contribution in [0.4, 0.5) is 10.2 Å². The Labute approximate surface area is 211 Å². The van der Waals surface area contributed by atoms with Gasteiger partial charge in [-0.25, -0.2) is 14.1 Å². The normalized spacial score (nSPS) is 18.4. The number of tetrazole rings is 1. The summed E-state index contributed by atoms with van der Waals surface area (Å²) in [6, 6.07) is 7.15. The second-order valence-corrected chi connectivity index (χ2v) is 9.70. The van der Waals surface area contributed by atoms with Crippen molar-refractivity contribution < 1.29 is 9.18 Å². The van der Waals surface area contributed by atoms with Crippen LogP contribution >= 0.6 is 11.6 Å². The van der Waals surface area contributed by atoms with E-state index >= 15 is 0 Å². The van der Waals surface area contributed by atoms with E-state index in [2.05, 4.69) is 43.0 Å². The molecule has 0 spiro atoms. The average Bonchev–Trinajstić information content (AvgIpc) is 3.32. The lowest BCUT2D eigenvalue weighted by Crippen LogP contribution is -2.24. The van der Waals surface area contributed by atoms with Crippen molar-refractivity contribution in [2.45, 2.75) is 26.4 Å². The molecule has 6 rings (SSSR count). The first-order valence-corrected chi connectivity index (χ1v) is 12.1. The summed E-state index contributed by atoms with van der Waals surface area (Å²) in [6.07, 6.45) is 5.85. The molecule has 12 heteroatoms. The van der Waals surface area contributed by atoms with E-state index in [9.17, 15) is 9.18 Å². The zero-order chi connectivity index (χ0) is 24.8. The number of benzene rings is 1. The monoisotopic (exact) mass is 507 g/mol. The third kappa shape index (κ3) is 4.30. The average molecular weight is 508 g/mol. The second-order valence-electron chi connectivity index (χ2n) is 9.30. The number of nitrogens with one attached hydrogen (secondary N) is 1. The Hall–Kier alpha value is -3.86. The van der Waals surface area contributed by atoms with E-state index in [-0.39, 0.29) is 23.0 Å². The predicted molar refractivity (Wildman–Crippen MR) is 129 cm³/mol. The Morgan fingerprint density at radius 1 is 1.22 bits per heavy atom. The van der Waals surface area contributed by atoms with E-state index in [4.69, 9.17) is 16.6 Å². The van der Waals surface area contributed by atoms with Gasteiger partial charge in [0.1, 0.15) is 18.0 Å². The molecule has 4 aromatic rings. The molecule has 1 aromatic carbocycles. The molecular weight excluding hydrogens is 485 g/mol. The fourth-order valence-corrected chi connectivity index (χ4v) is 4.93. The summed E-state index contributed by atoms with van der Waals surface area (Å²) in [5.74, 6) is 1.70. The number of halogens is 2. The van der Waals surface area contributed by atoms with Crippen molar-refractivity contribution in [3.8, 4) is 5.69 Å². The maximum atomic E-state index is 14.7. The SMILES string of the molecule is Cc1nc(N2CC3CC3C2)ccc1Cn1cc(C(=O)NCc2c(-n3cnnn3)ccc(Cl)c2F)cn1. The number of hydrogen-bond acceptors (Lipinski definition) is 7. The van der Waals surface area contributed by atoms with Crippen LogP contribution in [0.3, 0.4) is 0 Å². The van der Waals surface area contributed by atoms with Crippen molar-refractivity contribution in [1.29, 1.82) is 0 Å².